The summed E-state index contributed by atoms with van der Waals surface area (Å²) in [4.78, 5) is 2.55. The standard InChI is InChI=1S/C15H24N2/c1-4-16-11-14-7-8-15(12(2)10-14)17-9-5-6-13(17)3/h7-8,10,13,16H,4-6,9,11H2,1-3H3. The van der Waals surface area contributed by atoms with Gasteiger partial charge in [0.25, 0.3) is 0 Å². The van der Waals surface area contributed by atoms with Crippen LogP contribution in [0.15, 0.2) is 18.2 Å². The Labute approximate surface area is 105 Å². The van der Waals surface area contributed by atoms with Gasteiger partial charge in [-0.1, -0.05) is 19.1 Å². The minimum atomic E-state index is 0.702. The van der Waals surface area contributed by atoms with Crippen LogP contribution in [0.1, 0.15) is 37.8 Å². The number of anilines is 1. The molecule has 1 atom stereocenters. The Hall–Kier alpha value is -1.02. The van der Waals surface area contributed by atoms with Crippen molar-refractivity contribution in [3.63, 3.8) is 0 Å². The molecule has 2 nitrogen and oxygen atoms in total. The summed E-state index contributed by atoms with van der Waals surface area (Å²) in [5, 5.41) is 3.38. The molecule has 0 aliphatic carbocycles. The van der Waals surface area contributed by atoms with E-state index in [2.05, 4.69) is 49.2 Å². The van der Waals surface area contributed by atoms with E-state index in [4.69, 9.17) is 0 Å². The van der Waals surface area contributed by atoms with Crippen LogP contribution in [0.2, 0.25) is 0 Å². The summed E-state index contributed by atoms with van der Waals surface area (Å²) in [5.41, 5.74) is 4.23. The minimum absolute atomic E-state index is 0.702. The maximum Gasteiger partial charge on any atom is 0.0398 e. The van der Waals surface area contributed by atoms with Crippen molar-refractivity contribution in [3.8, 4) is 0 Å². The molecule has 1 aliphatic rings. The molecular formula is C15H24N2. The number of rotatable bonds is 4. The first kappa shape index (κ1) is 12.4. The van der Waals surface area contributed by atoms with E-state index in [9.17, 15) is 0 Å². The Kier molecular flexibility index (Phi) is 4.06. The molecule has 0 bridgehead atoms. The van der Waals surface area contributed by atoms with Crippen LogP contribution >= 0.6 is 0 Å². The second-order valence-corrected chi connectivity index (χ2v) is 5.09. The second-order valence-electron chi connectivity index (χ2n) is 5.09. The van der Waals surface area contributed by atoms with Gasteiger partial charge in [-0.15, -0.1) is 0 Å². The predicted octanol–water partition coefficient (Wildman–Crippen LogP) is 3.09. The van der Waals surface area contributed by atoms with Crippen molar-refractivity contribution in [3.05, 3.63) is 29.3 Å². The fraction of sp³-hybridized carbons (Fsp3) is 0.600. The normalized spacial score (nSPS) is 19.9. The van der Waals surface area contributed by atoms with Crippen LogP contribution in [0.5, 0.6) is 0 Å². The topological polar surface area (TPSA) is 15.3 Å². The predicted molar refractivity (Wildman–Crippen MR) is 74.6 cm³/mol. The molecule has 1 aromatic carbocycles. The molecular weight excluding hydrogens is 208 g/mol. The molecule has 2 heteroatoms. The number of benzene rings is 1. The van der Waals surface area contributed by atoms with Crippen LogP contribution in [0.25, 0.3) is 0 Å². The maximum absolute atomic E-state index is 3.38. The van der Waals surface area contributed by atoms with Crippen molar-refractivity contribution in [1.82, 2.24) is 5.32 Å². The summed E-state index contributed by atoms with van der Waals surface area (Å²) in [6, 6.07) is 7.58. The summed E-state index contributed by atoms with van der Waals surface area (Å²) in [6.07, 6.45) is 2.67. The third-order valence-electron chi connectivity index (χ3n) is 3.70. The van der Waals surface area contributed by atoms with E-state index in [1.807, 2.05) is 0 Å². The highest BCUT2D eigenvalue weighted by molar-refractivity contribution is 5.55. The fourth-order valence-corrected chi connectivity index (χ4v) is 2.71. The van der Waals surface area contributed by atoms with Crippen LogP contribution in [0, 0.1) is 6.92 Å². The van der Waals surface area contributed by atoms with Crippen LogP contribution in [-0.4, -0.2) is 19.1 Å². The van der Waals surface area contributed by atoms with Gasteiger partial charge in [-0.25, -0.2) is 0 Å². The van der Waals surface area contributed by atoms with Gasteiger partial charge in [-0.3, -0.25) is 0 Å². The summed E-state index contributed by atoms with van der Waals surface area (Å²) >= 11 is 0. The first-order valence-corrected chi connectivity index (χ1v) is 6.79. The molecule has 0 radical (unpaired) electrons. The summed E-state index contributed by atoms with van der Waals surface area (Å²) in [6.45, 7) is 9.94. The van der Waals surface area contributed by atoms with Gasteiger partial charge >= 0.3 is 0 Å². The molecule has 2 rings (SSSR count). The van der Waals surface area contributed by atoms with Gasteiger partial charge in [0.1, 0.15) is 0 Å². The van der Waals surface area contributed by atoms with Crippen LogP contribution in [-0.2, 0) is 6.54 Å². The largest absolute Gasteiger partial charge is 0.369 e. The molecule has 94 valence electrons. The molecule has 0 amide bonds. The lowest BCUT2D eigenvalue weighted by Crippen LogP contribution is -2.27. The van der Waals surface area contributed by atoms with Gasteiger partial charge in [0.15, 0.2) is 0 Å². The lowest BCUT2D eigenvalue weighted by atomic mass is 10.1. The SMILES string of the molecule is CCNCc1ccc(N2CCCC2C)c(C)c1. The first-order chi connectivity index (χ1) is 8.22. The Morgan fingerprint density at radius 2 is 2.24 bits per heavy atom. The van der Waals surface area contributed by atoms with Gasteiger partial charge in [-0.05, 0) is 50.4 Å². The van der Waals surface area contributed by atoms with E-state index < -0.39 is 0 Å². The number of nitrogens with one attached hydrogen (secondary N) is 1. The number of nitrogens with zero attached hydrogens (tertiary/aromatic N) is 1. The second kappa shape index (κ2) is 5.54. The maximum atomic E-state index is 3.38. The summed E-state index contributed by atoms with van der Waals surface area (Å²) in [7, 11) is 0. The van der Waals surface area contributed by atoms with Crippen molar-refractivity contribution in [2.24, 2.45) is 0 Å². The highest BCUT2D eigenvalue weighted by Crippen LogP contribution is 2.28. The number of hydrogen-bond acceptors (Lipinski definition) is 2. The number of hydrogen-bond donors (Lipinski definition) is 1. The van der Waals surface area contributed by atoms with Gasteiger partial charge in [0.2, 0.25) is 0 Å². The lowest BCUT2D eigenvalue weighted by molar-refractivity contribution is 0.722. The van der Waals surface area contributed by atoms with E-state index in [0.717, 1.165) is 13.1 Å². The average molecular weight is 232 g/mol. The lowest BCUT2D eigenvalue weighted by Gasteiger charge is -2.26. The van der Waals surface area contributed by atoms with Gasteiger partial charge in [-0.2, -0.15) is 0 Å². The molecule has 1 aromatic rings. The van der Waals surface area contributed by atoms with Gasteiger partial charge in [0.05, 0.1) is 0 Å². The Morgan fingerprint density at radius 3 is 2.82 bits per heavy atom. The molecule has 0 saturated carbocycles. The quantitative estimate of drug-likeness (QED) is 0.858. The van der Waals surface area contributed by atoms with Crippen LogP contribution in [0.3, 0.4) is 0 Å². The third kappa shape index (κ3) is 2.81. The zero-order valence-electron chi connectivity index (χ0n) is 11.3. The Balaban J connectivity index is 2.13. The average Bonchev–Trinajstić information content (AvgIpc) is 2.73. The van der Waals surface area contributed by atoms with Crippen molar-refractivity contribution >= 4 is 5.69 Å². The number of aryl methyl sites for hydroxylation is 1. The summed E-state index contributed by atoms with van der Waals surface area (Å²) < 4.78 is 0. The molecule has 0 aromatic heterocycles. The molecule has 1 heterocycles. The van der Waals surface area contributed by atoms with Crippen molar-refractivity contribution in [1.29, 1.82) is 0 Å². The molecule has 1 aliphatic heterocycles. The summed E-state index contributed by atoms with van der Waals surface area (Å²) in [5.74, 6) is 0. The first-order valence-electron chi connectivity index (χ1n) is 6.79. The molecule has 0 spiro atoms. The molecule has 17 heavy (non-hydrogen) atoms. The smallest absolute Gasteiger partial charge is 0.0398 e. The molecule has 1 fully saturated rings. The third-order valence-corrected chi connectivity index (χ3v) is 3.70. The van der Waals surface area contributed by atoms with E-state index in [0.29, 0.717) is 6.04 Å². The van der Waals surface area contributed by atoms with Crippen LogP contribution in [0.4, 0.5) is 5.69 Å². The highest BCUT2D eigenvalue weighted by atomic mass is 15.2. The van der Waals surface area contributed by atoms with E-state index in [-0.39, 0.29) is 0 Å². The minimum Gasteiger partial charge on any atom is -0.369 e. The van der Waals surface area contributed by atoms with E-state index in [1.54, 1.807) is 0 Å². The zero-order chi connectivity index (χ0) is 12.3. The fourth-order valence-electron chi connectivity index (χ4n) is 2.71. The molecule has 1 unspecified atom stereocenters. The Bertz CT molecular complexity index is 373. The van der Waals surface area contributed by atoms with E-state index >= 15 is 0 Å². The van der Waals surface area contributed by atoms with E-state index in [1.165, 1.54) is 36.2 Å². The zero-order valence-corrected chi connectivity index (χ0v) is 11.3. The monoisotopic (exact) mass is 232 g/mol. The van der Waals surface area contributed by atoms with Crippen molar-refractivity contribution in [2.45, 2.75) is 46.2 Å². The van der Waals surface area contributed by atoms with Crippen molar-refractivity contribution in [2.75, 3.05) is 18.0 Å². The van der Waals surface area contributed by atoms with Gasteiger partial charge < -0.3 is 10.2 Å². The highest BCUT2D eigenvalue weighted by Gasteiger charge is 2.21. The Morgan fingerprint density at radius 1 is 1.41 bits per heavy atom. The molecule has 1 N–H and O–H groups in total. The van der Waals surface area contributed by atoms with Gasteiger partial charge in [0, 0.05) is 24.8 Å². The van der Waals surface area contributed by atoms with Crippen molar-refractivity contribution < 1.29 is 0 Å². The van der Waals surface area contributed by atoms with Crippen LogP contribution < -0.4 is 10.2 Å². The molecule has 1 saturated heterocycles.